The Kier molecular flexibility index (Phi) is 10.3. The van der Waals surface area contributed by atoms with Crippen LogP contribution in [0.1, 0.15) is 71.6 Å². The largest absolute Gasteiger partial charge is 0.514 e. The molecule has 0 bridgehead atoms. The molecule has 0 aliphatic rings. The molecule has 6 nitrogen and oxygen atoms in total. The van der Waals surface area contributed by atoms with Crippen LogP contribution in [0.15, 0.2) is 24.3 Å². The lowest BCUT2D eigenvalue weighted by Gasteiger charge is -2.17. The van der Waals surface area contributed by atoms with Crippen LogP contribution in [-0.2, 0) is 4.74 Å². The highest BCUT2D eigenvalue weighted by molar-refractivity contribution is 5.64. The van der Waals surface area contributed by atoms with Crippen LogP contribution in [0.4, 0.5) is 10.5 Å². The van der Waals surface area contributed by atoms with E-state index in [1.807, 2.05) is 0 Å². The molecule has 0 spiro atoms. The zero-order valence-electron chi connectivity index (χ0n) is 15.2. The van der Waals surface area contributed by atoms with Gasteiger partial charge in [-0.05, 0) is 31.4 Å². The molecular formula is C19H29NO5. The van der Waals surface area contributed by atoms with Crippen LogP contribution in [0, 0.1) is 10.1 Å². The molecular weight excluding hydrogens is 322 g/mol. The van der Waals surface area contributed by atoms with E-state index < -0.39 is 11.1 Å². The molecule has 1 aromatic rings. The van der Waals surface area contributed by atoms with Crippen molar-refractivity contribution in [1.82, 2.24) is 0 Å². The van der Waals surface area contributed by atoms with Crippen LogP contribution in [0.2, 0.25) is 0 Å². The summed E-state index contributed by atoms with van der Waals surface area (Å²) in [5.41, 5.74) is -0.0476. The van der Waals surface area contributed by atoms with Gasteiger partial charge in [0.25, 0.3) is 5.69 Å². The Morgan fingerprint density at radius 1 is 1.00 bits per heavy atom. The Hall–Kier alpha value is -2.11. The molecule has 0 amide bonds. The Balaban J connectivity index is 2.45. The van der Waals surface area contributed by atoms with E-state index in [-0.39, 0.29) is 17.5 Å². The average molecular weight is 351 g/mol. The molecule has 0 saturated heterocycles. The first-order valence-electron chi connectivity index (χ1n) is 9.19. The lowest BCUT2D eigenvalue weighted by Crippen LogP contribution is -2.21. The Morgan fingerprint density at radius 2 is 1.60 bits per heavy atom. The SMILES string of the molecule is CCCCCCCC(CCCC)OC(=O)Oc1ccc([N+](=O)[O-])cc1. The second-order valence-electron chi connectivity index (χ2n) is 6.19. The summed E-state index contributed by atoms with van der Waals surface area (Å²) >= 11 is 0. The van der Waals surface area contributed by atoms with Gasteiger partial charge in [-0.2, -0.15) is 0 Å². The van der Waals surface area contributed by atoms with E-state index in [1.165, 1.54) is 43.5 Å². The fourth-order valence-electron chi connectivity index (χ4n) is 2.56. The number of hydrogen-bond donors (Lipinski definition) is 0. The maximum atomic E-state index is 12.0. The molecule has 6 heteroatoms. The number of non-ortho nitro benzene ring substituents is 1. The maximum absolute atomic E-state index is 12.0. The van der Waals surface area contributed by atoms with Gasteiger partial charge in [0.05, 0.1) is 4.92 Å². The third-order valence-electron chi connectivity index (χ3n) is 4.02. The summed E-state index contributed by atoms with van der Waals surface area (Å²) in [6.07, 6.45) is 8.70. The van der Waals surface area contributed by atoms with E-state index in [2.05, 4.69) is 13.8 Å². The summed E-state index contributed by atoms with van der Waals surface area (Å²) in [7, 11) is 0. The van der Waals surface area contributed by atoms with E-state index in [0.717, 1.165) is 38.5 Å². The Morgan fingerprint density at radius 3 is 2.20 bits per heavy atom. The number of ether oxygens (including phenoxy) is 2. The topological polar surface area (TPSA) is 78.7 Å². The number of nitro groups is 1. The van der Waals surface area contributed by atoms with Gasteiger partial charge in [-0.3, -0.25) is 10.1 Å². The smallest absolute Gasteiger partial charge is 0.431 e. The van der Waals surface area contributed by atoms with Gasteiger partial charge in [-0.25, -0.2) is 4.79 Å². The summed E-state index contributed by atoms with van der Waals surface area (Å²) in [6, 6.07) is 5.38. The Bertz CT molecular complexity index is 515. The summed E-state index contributed by atoms with van der Waals surface area (Å²) < 4.78 is 10.6. The van der Waals surface area contributed by atoms with Gasteiger partial charge in [0.15, 0.2) is 0 Å². The van der Waals surface area contributed by atoms with E-state index in [4.69, 9.17) is 9.47 Å². The predicted octanol–water partition coefficient (Wildman–Crippen LogP) is 6.03. The monoisotopic (exact) mass is 351 g/mol. The van der Waals surface area contributed by atoms with Crippen LogP contribution >= 0.6 is 0 Å². The minimum Gasteiger partial charge on any atom is -0.431 e. The molecule has 1 unspecified atom stereocenters. The average Bonchev–Trinajstić information content (AvgIpc) is 2.59. The standard InChI is InChI=1S/C19H29NO5/c1-3-5-7-8-9-11-17(10-6-4-2)24-19(21)25-18-14-12-16(13-15-18)20(22)23/h12-15,17H,3-11H2,1-2H3. The number of unbranched alkanes of at least 4 members (excludes halogenated alkanes) is 5. The molecule has 0 aliphatic heterocycles. The second kappa shape index (κ2) is 12.3. The van der Waals surface area contributed by atoms with Gasteiger partial charge in [-0.1, -0.05) is 52.4 Å². The summed E-state index contributed by atoms with van der Waals surface area (Å²) in [4.78, 5) is 22.1. The number of nitrogens with zero attached hydrogens (tertiary/aromatic N) is 1. The van der Waals surface area contributed by atoms with Crippen LogP contribution in [0.25, 0.3) is 0 Å². The van der Waals surface area contributed by atoms with Crippen molar-refractivity contribution < 1.29 is 19.2 Å². The molecule has 0 heterocycles. The van der Waals surface area contributed by atoms with Crippen molar-refractivity contribution in [2.24, 2.45) is 0 Å². The first-order chi connectivity index (χ1) is 12.1. The lowest BCUT2D eigenvalue weighted by molar-refractivity contribution is -0.384. The lowest BCUT2D eigenvalue weighted by atomic mass is 10.0. The molecule has 140 valence electrons. The quantitative estimate of drug-likeness (QED) is 0.151. The highest BCUT2D eigenvalue weighted by Gasteiger charge is 2.16. The molecule has 0 N–H and O–H groups in total. The van der Waals surface area contributed by atoms with Gasteiger partial charge in [-0.15, -0.1) is 0 Å². The predicted molar refractivity (Wildman–Crippen MR) is 96.9 cm³/mol. The van der Waals surface area contributed by atoms with E-state index >= 15 is 0 Å². The van der Waals surface area contributed by atoms with Crippen molar-refractivity contribution in [3.8, 4) is 5.75 Å². The third-order valence-corrected chi connectivity index (χ3v) is 4.02. The summed E-state index contributed by atoms with van der Waals surface area (Å²) in [5.74, 6) is 0.243. The normalized spacial score (nSPS) is 11.8. The van der Waals surface area contributed by atoms with Crippen LogP contribution in [0.3, 0.4) is 0 Å². The minimum absolute atomic E-state index is 0.0476. The summed E-state index contributed by atoms with van der Waals surface area (Å²) in [5, 5.41) is 10.6. The molecule has 0 aliphatic carbocycles. The number of hydrogen-bond acceptors (Lipinski definition) is 5. The second-order valence-corrected chi connectivity index (χ2v) is 6.19. The molecule has 0 aromatic heterocycles. The van der Waals surface area contributed by atoms with Crippen molar-refractivity contribution in [3.63, 3.8) is 0 Å². The van der Waals surface area contributed by atoms with Crippen molar-refractivity contribution in [1.29, 1.82) is 0 Å². The maximum Gasteiger partial charge on any atom is 0.514 e. The van der Waals surface area contributed by atoms with Gasteiger partial charge < -0.3 is 9.47 Å². The fraction of sp³-hybridized carbons (Fsp3) is 0.632. The van der Waals surface area contributed by atoms with E-state index in [0.29, 0.717) is 0 Å². The van der Waals surface area contributed by atoms with E-state index in [9.17, 15) is 14.9 Å². The fourth-order valence-corrected chi connectivity index (χ4v) is 2.56. The van der Waals surface area contributed by atoms with Crippen LogP contribution in [0.5, 0.6) is 5.75 Å². The molecule has 1 aromatic carbocycles. The molecule has 0 radical (unpaired) electrons. The molecule has 1 atom stereocenters. The first-order valence-corrected chi connectivity index (χ1v) is 9.19. The number of carbonyl (C=O) groups is 1. The number of carbonyl (C=O) groups excluding carboxylic acids is 1. The number of nitro benzene ring substituents is 1. The Labute approximate surface area is 149 Å². The van der Waals surface area contributed by atoms with Gasteiger partial charge >= 0.3 is 6.16 Å². The molecule has 0 saturated carbocycles. The third kappa shape index (κ3) is 9.08. The number of rotatable bonds is 12. The number of benzene rings is 1. The van der Waals surface area contributed by atoms with Crippen molar-refractivity contribution in [2.45, 2.75) is 77.7 Å². The van der Waals surface area contributed by atoms with Crippen molar-refractivity contribution in [3.05, 3.63) is 34.4 Å². The van der Waals surface area contributed by atoms with Crippen LogP contribution in [-0.4, -0.2) is 17.2 Å². The highest BCUT2D eigenvalue weighted by atomic mass is 16.7. The molecule has 25 heavy (non-hydrogen) atoms. The molecule has 0 fully saturated rings. The summed E-state index contributed by atoms with van der Waals surface area (Å²) in [6.45, 7) is 4.29. The van der Waals surface area contributed by atoms with Crippen molar-refractivity contribution in [2.75, 3.05) is 0 Å². The van der Waals surface area contributed by atoms with E-state index in [1.54, 1.807) is 0 Å². The molecule has 1 rings (SSSR count). The van der Waals surface area contributed by atoms with Gasteiger partial charge in [0.2, 0.25) is 0 Å². The van der Waals surface area contributed by atoms with Gasteiger partial charge in [0.1, 0.15) is 11.9 Å². The van der Waals surface area contributed by atoms with Gasteiger partial charge in [0, 0.05) is 12.1 Å². The van der Waals surface area contributed by atoms with Crippen molar-refractivity contribution >= 4 is 11.8 Å². The minimum atomic E-state index is -0.747. The zero-order valence-corrected chi connectivity index (χ0v) is 15.2. The zero-order chi connectivity index (χ0) is 18.5. The highest BCUT2D eigenvalue weighted by Crippen LogP contribution is 2.19. The van der Waals surface area contributed by atoms with Crippen LogP contribution < -0.4 is 4.74 Å². The first kappa shape index (κ1) is 20.9.